The second-order valence-electron chi connectivity index (χ2n) is 4.90. The van der Waals surface area contributed by atoms with Crippen molar-refractivity contribution in [1.29, 1.82) is 0 Å². The summed E-state index contributed by atoms with van der Waals surface area (Å²) < 4.78 is 13.5. The zero-order valence-electron chi connectivity index (χ0n) is 10.3. The van der Waals surface area contributed by atoms with E-state index in [0.29, 0.717) is 22.4 Å². The van der Waals surface area contributed by atoms with Crippen molar-refractivity contribution in [3.8, 4) is 0 Å². The Balaban J connectivity index is 2.65. The molecule has 2 nitrogen and oxygen atoms in total. The third-order valence-corrected chi connectivity index (χ3v) is 2.79. The number of halogens is 1. The maximum Gasteiger partial charge on any atom is 0.189 e. The Morgan fingerprint density at radius 3 is 2.65 bits per heavy atom. The van der Waals surface area contributed by atoms with Gasteiger partial charge in [0.05, 0.1) is 5.52 Å². The molecule has 1 aromatic carbocycles. The molecule has 17 heavy (non-hydrogen) atoms. The summed E-state index contributed by atoms with van der Waals surface area (Å²) in [5.74, 6) is 0.174. The highest BCUT2D eigenvalue weighted by molar-refractivity contribution is 5.79. The first-order valence-electron chi connectivity index (χ1n) is 5.79. The van der Waals surface area contributed by atoms with Gasteiger partial charge in [0.25, 0.3) is 0 Å². The number of nitrogens with one attached hydrogen (secondary N) is 1. The molecule has 0 saturated carbocycles. The zero-order chi connectivity index (χ0) is 12.6. The van der Waals surface area contributed by atoms with E-state index < -0.39 is 0 Å². The van der Waals surface area contributed by atoms with Crippen LogP contribution in [0, 0.1) is 18.7 Å². The van der Waals surface area contributed by atoms with Gasteiger partial charge >= 0.3 is 0 Å². The van der Waals surface area contributed by atoms with Crippen LogP contribution in [0.25, 0.3) is 10.9 Å². The molecule has 0 aliphatic carbocycles. The molecule has 90 valence electrons. The van der Waals surface area contributed by atoms with E-state index in [4.69, 9.17) is 0 Å². The molecule has 0 radical (unpaired) electrons. The lowest BCUT2D eigenvalue weighted by molar-refractivity contribution is 0.619. The second kappa shape index (κ2) is 4.32. The van der Waals surface area contributed by atoms with Crippen molar-refractivity contribution in [2.75, 3.05) is 0 Å². The molecule has 0 amide bonds. The summed E-state index contributed by atoms with van der Waals surface area (Å²) in [6.45, 7) is 5.83. The number of rotatable bonds is 2. The predicted octanol–water partition coefficient (Wildman–Crippen LogP) is 3.17. The fraction of sp³-hybridized carbons (Fsp3) is 0.357. The highest BCUT2D eigenvalue weighted by atomic mass is 19.1. The molecule has 2 rings (SSSR count). The molecule has 2 aromatic rings. The van der Waals surface area contributed by atoms with Crippen molar-refractivity contribution in [3.63, 3.8) is 0 Å². The van der Waals surface area contributed by atoms with Crippen LogP contribution in [0.3, 0.4) is 0 Å². The standard InChI is InChI=1S/C14H16FNO/c1-8(2)4-10-6-14(17)11-5-9(3)12(15)7-13(11)16-10/h5-8H,4H2,1-3H3,(H,16,17). The minimum atomic E-state index is -0.283. The molecule has 0 atom stereocenters. The first kappa shape index (κ1) is 11.8. The van der Waals surface area contributed by atoms with Crippen LogP contribution in [0.5, 0.6) is 0 Å². The molecule has 0 bridgehead atoms. The van der Waals surface area contributed by atoms with Crippen LogP contribution in [0.15, 0.2) is 23.0 Å². The molecule has 3 heteroatoms. The molecule has 1 N–H and O–H groups in total. The maximum atomic E-state index is 13.5. The number of hydrogen-bond acceptors (Lipinski definition) is 1. The Hall–Kier alpha value is -1.64. The van der Waals surface area contributed by atoms with E-state index in [0.717, 1.165) is 12.1 Å². The van der Waals surface area contributed by atoms with Gasteiger partial charge in [-0.1, -0.05) is 13.8 Å². The van der Waals surface area contributed by atoms with E-state index in [1.54, 1.807) is 19.1 Å². The number of hydrogen-bond donors (Lipinski definition) is 1. The Morgan fingerprint density at radius 1 is 1.29 bits per heavy atom. The largest absolute Gasteiger partial charge is 0.358 e. The third-order valence-electron chi connectivity index (χ3n) is 2.79. The van der Waals surface area contributed by atoms with E-state index in [2.05, 4.69) is 18.8 Å². The first-order chi connectivity index (χ1) is 7.97. The van der Waals surface area contributed by atoms with Crippen LogP contribution >= 0.6 is 0 Å². The highest BCUT2D eigenvalue weighted by Crippen LogP contribution is 2.15. The maximum absolute atomic E-state index is 13.5. The minimum absolute atomic E-state index is 0.0440. The average Bonchev–Trinajstić information content (AvgIpc) is 2.20. The second-order valence-corrected chi connectivity index (χ2v) is 4.90. The molecule has 0 aliphatic rings. The molecule has 0 fully saturated rings. The van der Waals surface area contributed by atoms with Crippen LogP contribution in [0.4, 0.5) is 4.39 Å². The Kier molecular flexibility index (Phi) is 3.01. The van der Waals surface area contributed by atoms with Crippen molar-refractivity contribution >= 4 is 10.9 Å². The van der Waals surface area contributed by atoms with Crippen molar-refractivity contribution in [2.24, 2.45) is 5.92 Å². The summed E-state index contributed by atoms with van der Waals surface area (Å²) in [5, 5.41) is 0.552. The molecule has 0 spiro atoms. The topological polar surface area (TPSA) is 32.9 Å². The molecule has 1 heterocycles. The van der Waals surface area contributed by atoms with Gasteiger partial charge in [-0.05, 0) is 37.0 Å². The van der Waals surface area contributed by atoms with Crippen molar-refractivity contribution in [1.82, 2.24) is 4.98 Å². The summed E-state index contributed by atoms with van der Waals surface area (Å²) in [4.78, 5) is 15.0. The molecule has 0 saturated heterocycles. The highest BCUT2D eigenvalue weighted by Gasteiger charge is 2.07. The van der Waals surface area contributed by atoms with Gasteiger partial charge < -0.3 is 4.98 Å². The first-order valence-corrected chi connectivity index (χ1v) is 5.79. The van der Waals surface area contributed by atoms with E-state index in [9.17, 15) is 9.18 Å². The molecular formula is C14H16FNO. The van der Waals surface area contributed by atoms with Crippen LogP contribution in [0.1, 0.15) is 25.1 Å². The van der Waals surface area contributed by atoms with Gasteiger partial charge in [0.2, 0.25) is 0 Å². The molecular weight excluding hydrogens is 217 g/mol. The van der Waals surface area contributed by atoms with E-state index >= 15 is 0 Å². The lowest BCUT2D eigenvalue weighted by atomic mass is 10.1. The number of aromatic nitrogens is 1. The van der Waals surface area contributed by atoms with Crippen molar-refractivity contribution < 1.29 is 4.39 Å². The fourth-order valence-corrected chi connectivity index (χ4v) is 1.98. The summed E-state index contributed by atoms with van der Waals surface area (Å²) in [6.07, 6.45) is 0.792. The van der Waals surface area contributed by atoms with Gasteiger partial charge in [0.1, 0.15) is 5.82 Å². The van der Waals surface area contributed by atoms with Gasteiger partial charge in [0, 0.05) is 17.1 Å². The summed E-state index contributed by atoms with van der Waals surface area (Å²) in [6, 6.07) is 4.61. The van der Waals surface area contributed by atoms with Crippen molar-refractivity contribution in [2.45, 2.75) is 27.2 Å². The molecule has 0 aliphatic heterocycles. The Labute approximate surface area is 99.5 Å². The smallest absolute Gasteiger partial charge is 0.189 e. The van der Waals surface area contributed by atoms with Crippen LogP contribution in [-0.4, -0.2) is 4.98 Å². The Bertz CT molecular complexity index is 613. The van der Waals surface area contributed by atoms with Crippen LogP contribution in [0.2, 0.25) is 0 Å². The minimum Gasteiger partial charge on any atom is -0.358 e. The lowest BCUT2D eigenvalue weighted by Gasteiger charge is -2.07. The number of fused-ring (bicyclic) bond motifs is 1. The zero-order valence-corrected chi connectivity index (χ0v) is 10.3. The van der Waals surface area contributed by atoms with Crippen LogP contribution in [-0.2, 0) is 6.42 Å². The summed E-state index contributed by atoms with van der Waals surface area (Å²) >= 11 is 0. The van der Waals surface area contributed by atoms with Gasteiger partial charge in [-0.15, -0.1) is 0 Å². The van der Waals surface area contributed by atoms with Gasteiger partial charge in [0.15, 0.2) is 5.43 Å². The summed E-state index contributed by atoms with van der Waals surface area (Å²) in [7, 11) is 0. The van der Waals surface area contributed by atoms with E-state index in [1.165, 1.54) is 6.07 Å². The number of aromatic amines is 1. The van der Waals surface area contributed by atoms with Crippen LogP contribution < -0.4 is 5.43 Å². The number of H-pyrrole nitrogens is 1. The predicted molar refractivity (Wildman–Crippen MR) is 67.8 cm³/mol. The quantitative estimate of drug-likeness (QED) is 0.849. The monoisotopic (exact) mass is 233 g/mol. The van der Waals surface area contributed by atoms with E-state index in [1.807, 2.05) is 0 Å². The Morgan fingerprint density at radius 2 is 2.00 bits per heavy atom. The molecule has 0 unspecified atom stereocenters. The fourth-order valence-electron chi connectivity index (χ4n) is 1.98. The van der Waals surface area contributed by atoms with Gasteiger partial charge in [-0.3, -0.25) is 4.79 Å². The SMILES string of the molecule is Cc1cc2c(=O)cc(CC(C)C)[nH]c2cc1F. The lowest BCUT2D eigenvalue weighted by Crippen LogP contribution is -2.08. The average molecular weight is 233 g/mol. The van der Waals surface area contributed by atoms with Crippen molar-refractivity contribution in [3.05, 3.63) is 45.5 Å². The van der Waals surface area contributed by atoms with Gasteiger partial charge in [-0.25, -0.2) is 4.39 Å². The van der Waals surface area contributed by atoms with E-state index in [-0.39, 0.29) is 11.2 Å². The molecule has 1 aromatic heterocycles. The van der Waals surface area contributed by atoms with Gasteiger partial charge in [-0.2, -0.15) is 0 Å². The summed E-state index contributed by atoms with van der Waals surface area (Å²) in [5.41, 5.74) is 1.90. The number of benzene rings is 1. The number of pyridine rings is 1. The third kappa shape index (κ3) is 2.38. The normalized spacial score (nSPS) is 11.4. The number of aryl methyl sites for hydroxylation is 1.